The van der Waals surface area contributed by atoms with E-state index in [2.05, 4.69) is 5.32 Å². The smallest absolute Gasteiger partial charge is 0.284 e. The third kappa shape index (κ3) is 6.00. The molecule has 0 radical (unpaired) electrons. The highest BCUT2D eigenvalue weighted by molar-refractivity contribution is 8.03. The van der Waals surface area contributed by atoms with Crippen LogP contribution in [0.15, 0.2) is 18.2 Å². The van der Waals surface area contributed by atoms with E-state index < -0.39 is 31.2 Å². The summed E-state index contributed by atoms with van der Waals surface area (Å²) in [4.78, 5) is 0. The highest BCUT2D eigenvalue weighted by Crippen LogP contribution is 2.16. The van der Waals surface area contributed by atoms with Crippen molar-refractivity contribution in [2.24, 2.45) is 0 Å². The van der Waals surface area contributed by atoms with Gasteiger partial charge in [-0.15, -0.1) is 0 Å². The summed E-state index contributed by atoms with van der Waals surface area (Å²) < 4.78 is 59.1. The van der Waals surface area contributed by atoms with Crippen LogP contribution in [0.4, 0.5) is 5.69 Å². The van der Waals surface area contributed by atoms with E-state index >= 15 is 0 Å². The van der Waals surface area contributed by atoms with E-state index in [1.54, 1.807) is 0 Å². The van der Waals surface area contributed by atoms with E-state index in [-0.39, 0.29) is 6.42 Å². The molecule has 0 aliphatic heterocycles. The Hall–Kier alpha value is -1.16. The van der Waals surface area contributed by atoms with E-state index in [0.717, 1.165) is 16.8 Å². The van der Waals surface area contributed by atoms with Gasteiger partial charge in [-0.05, 0) is 49.9 Å². The van der Waals surface area contributed by atoms with Crippen LogP contribution < -0.4 is 5.32 Å². The molecule has 0 heterocycles. The first-order chi connectivity index (χ1) is 9.50. The number of hydrogen-bond donors (Lipinski definition) is 3. The van der Waals surface area contributed by atoms with Crippen LogP contribution in [-0.2, 0) is 20.2 Å². The van der Waals surface area contributed by atoms with Crippen LogP contribution in [0.25, 0.3) is 0 Å². The predicted octanol–water partition coefficient (Wildman–Crippen LogP) is 1.60. The lowest BCUT2D eigenvalue weighted by molar-refractivity contribution is 0.449. The normalized spacial score (nSPS) is 12.6. The molecule has 9 heteroatoms. The van der Waals surface area contributed by atoms with E-state index in [4.69, 9.17) is 9.11 Å². The SMILES string of the molecule is Cc1cc(C)cc(NCCCC(S(=O)(=O)O)S(=O)(=O)O)c1. The Morgan fingerprint density at radius 3 is 1.90 bits per heavy atom. The lowest BCUT2D eigenvalue weighted by Gasteiger charge is -2.12. The zero-order valence-corrected chi connectivity index (χ0v) is 13.4. The first-order valence-corrected chi connectivity index (χ1v) is 9.25. The molecule has 1 rings (SSSR count). The largest absolute Gasteiger partial charge is 0.385 e. The van der Waals surface area contributed by atoms with Crippen LogP contribution in [-0.4, -0.2) is 37.1 Å². The van der Waals surface area contributed by atoms with Crippen molar-refractivity contribution in [1.29, 1.82) is 0 Å². The van der Waals surface area contributed by atoms with Crippen LogP contribution in [0.5, 0.6) is 0 Å². The second-order valence-corrected chi connectivity index (χ2v) is 8.40. The van der Waals surface area contributed by atoms with Crippen LogP contribution in [0.3, 0.4) is 0 Å². The van der Waals surface area contributed by atoms with E-state index in [9.17, 15) is 16.8 Å². The van der Waals surface area contributed by atoms with Gasteiger partial charge in [0, 0.05) is 12.2 Å². The minimum atomic E-state index is -4.85. The molecule has 0 spiro atoms. The fraction of sp³-hybridized carbons (Fsp3) is 0.500. The van der Waals surface area contributed by atoms with Crippen molar-refractivity contribution in [3.05, 3.63) is 29.3 Å². The Balaban J connectivity index is 2.60. The van der Waals surface area contributed by atoms with Crippen molar-refractivity contribution in [1.82, 2.24) is 0 Å². The molecule has 1 aromatic carbocycles. The van der Waals surface area contributed by atoms with Crippen molar-refractivity contribution in [3.63, 3.8) is 0 Å². The highest BCUT2D eigenvalue weighted by Gasteiger charge is 2.34. The summed E-state index contributed by atoms with van der Waals surface area (Å²) in [6.45, 7) is 4.18. The van der Waals surface area contributed by atoms with Gasteiger partial charge in [-0.1, -0.05) is 6.07 Å². The summed E-state index contributed by atoms with van der Waals surface area (Å²) in [5.41, 5.74) is 2.96. The Morgan fingerprint density at radius 2 is 1.48 bits per heavy atom. The molecule has 0 fully saturated rings. The Labute approximate surface area is 124 Å². The lowest BCUT2D eigenvalue weighted by Crippen LogP contribution is -2.30. The van der Waals surface area contributed by atoms with Crippen LogP contribution in [0.2, 0.25) is 0 Å². The molecule has 3 N–H and O–H groups in total. The molecule has 1 aromatic rings. The average Bonchev–Trinajstić information content (AvgIpc) is 2.23. The van der Waals surface area contributed by atoms with Gasteiger partial charge < -0.3 is 5.32 Å². The number of aryl methyl sites for hydroxylation is 2. The Bertz CT molecular complexity index is 644. The molecule has 0 unspecified atom stereocenters. The van der Waals surface area contributed by atoms with Gasteiger partial charge in [0.2, 0.25) is 4.58 Å². The van der Waals surface area contributed by atoms with Crippen LogP contribution in [0, 0.1) is 13.8 Å². The molecule has 120 valence electrons. The van der Waals surface area contributed by atoms with Crippen molar-refractivity contribution >= 4 is 25.9 Å². The monoisotopic (exact) mass is 337 g/mol. The molecule has 0 aromatic heterocycles. The second-order valence-electron chi connectivity index (χ2n) is 4.90. The van der Waals surface area contributed by atoms with E-state index in [1.807, 2.05) is 32.0 Å². The van der Waals surface area contributed by atoms with Crippen LogP contribution in [0.1, 0.15) is 24.0 Å². The summed E-state index contributed by atoms with van der Waals surface area (Å²) in [7, 11) is -9.69. The first kappa shape index (κ1) is 17.9. The van der Waals surface area contributed by atoms with Crippen molar-refractivity contribution in [2.45, 2.75) is 31.3 Å². The summed E-state index contributed by atoms with van der Waals surface area (Å²) in [5, 5.41) is 3.03. The molecule has 0 aliphatic rings. The van der Waals surface area contributed by atoms with Crippen molar-refractivity contribution in [3.8, 4) is 0 Å². The van der Waals surface area contributed by atoms with Gasteiger partial charge >= 0.3 is 0 Å². The zero-order valence-electron chi connectivity index (χ0n) is 11.8. The van der Waals surface area contributed by atoms with Crippen LogP contribution >= 0.6 is 0 Å². The topological polar surface area (TPSA) is 121 Å². The minimum absolute atomic E-state index is 0.150. The highest BCUT2D eigenvalue weighted by atomic mass is 32.3. The second kappa shape index (κ2) is 6.73. The summed E-state index contributed by atoms with van der Waals surface area (Å²) >= 11 is 0. The summed E-state index contributed by atoms with van der Waals surface area (Å²) in [6.07, 6.45) is -0.243. The molecule has 0 amide bonds. The first-order valence-electron chi connectivity index (χ1n) is 6.25. The predicted molar refractivity (Wildman–Crippen MR) is 80.5 cm³/mol. The van der Waals surface area contributed by atoms with E-state index in [0.29, 0.717) is 6.54 Å². The fourth-order valence-corrected chi connectivity index (χ4v) is 4.19. The fourth-order valence-electron chi connectivity index (χ4n) is 2.03. The Morgan fingerprint density at radius 1 is 1.00 bits per heavy atom. The van der Waals surface area contributed by atoms with E-state index in [1.165, 1.54) is 0 Å². The molecule has 0 bridgehead atoms. The maximum Gasteiger partial charge on any atom is 0.284 e. The lowest BCUT2D eigenvalue weighted by atomic mass is 10.1. The number of hydrogen-bond acceptors (Lipinski definition) is 5. The summed E-state index contributed by atoms with van der Waals surface area (Å²) in [5.74, 6) is 0. The van der Waals surface area contributed by atoms with Gasteiger partial charge in [0.05, 0.1) is 0 Å². The standard InChI is InChI=1S/C12H19NO6S2/c1-9-6-10(2)8-11(7-9)13-5-3-4-12(20(14,15)16)21(17,18)19/h6-8,12-13H,3-5H2,1-2H3,(H,14,15,16)(H,17,18,19). The van der Waals surface area contributed by atoms with Gasteiger partial charge in [0.1, 0.15) is 0 Å². The molecule has 21 heavy (non-hydrogen) atoms. The summed E-state index contributed by atoms with van der Waals surface area (Å²) in [6, 6.07) is 5.80. The zero-order chi connectivity index (χ0) is 16.3. The van der Waals surface area contributed by atoms with Gasteiger partial charge in [0.15, 0.2) is 0 Å². The molecule has 0 saturated heterocycles. The third-order valence-corrected chi connectivity index (χ3v) is 6.09. The van der Waals surface area contributed by atoms with Gasteiger partial charge in [-0.2, -0.15) is 16.8 Å². The quantitative estimate of drug-likeness (QED) is 0.510. The third-order valence-electron chi connectivity index (χ3n) is 2.83. The maximum absolute atomic E-state index is 10.9. The number of benzene rings is 1. The Kier molecular flexibility index (Phi) is 5.74. The molecular formula is C12H19NO6S2. The maximum atomic E-state index is 10.9. The number of anilines is 1. The van der Waals surface area contributed by atoms with Gasteiger partial charge in [-0.25, -0.2) is 0 Å². The molecule has 7 nitrogen and oxygen atoms in total. The number of nitrogens with one attached hydrogen (secondary N) is 1. The molecule has 0 atom stereocenters. The average molecular weight is 337 g/mol. The minimum Gasteiger partial charge on any atom is -0.385 e. The molecule has 0 saturated carbocycles. The molecular weight excluding hydrogens is 318 g/mol. The number of rotatable bonds is 7. The van der Waals surface area contributed by atoms with Crippen molar-refractivity contribution < 1.29 is 25.9 Å². The molecule has 0 aliphatic carbocycles. The van der Waals surface area contributed by atoms with Crippen molar-refractivity contribution in [2.75, 3.05) is 11.9 Å². The van der Waals surface area contributed by atoms with Gasteiger partial charge in [0.25, 0.3) is 20.2 Å². The van der Waals surface area contributed by atoms with Gasteiger partial charge in [-0.3, -0.25) is 9.11 Å².